The third kappa shape index (κ3) is 3.05. The standard InChI is InChI=1S/C13H15N3O3S/c1-2-20(18,19)12-6-4-3-5-11(12)13(17)15-8-10-7-14-9-16-10/h3-7,9H,2,8H2,1H3,(H,14,16)(H,15,17). The summed E-state index contributed by atoms with van der Waals surface area (Å²) in [6.07, 6.45) is 3.10. The molecule has 0 aliphatic heterocycles. The first-order valence-corrected chi connectivity index (χ1v) is 7.77. The van der Waals surface area contributed by atoms with E-state index in [-0.39, 0.29) is 22.8 Å². The van der Waals surface area contributed by atoms with Crippen LogP contribution in [-0.4, -0.2) is 30.0 Å². The molecule has 0 radical (unpaired) electrons. The molecule has 2 rings (SSSR count). The number of aromatic amines is 1. The Hall–Kier alpha value is -2.15. The molecule has 0 saturated heterocycles. The summed E-state index contributed by atoms with van der Waals surface area (Å²) in [4.78, 5) is 18.9. The summed E-state index contributed by atoms with van der Waals surface area (Å²) in [6.45, 7) is 1.81. The highest BCUT2D eigenvalue weighted by Gasteiger charge is 2.20. The summed E-state index contributed by atoms with van der Waals surface area (Å²) < 4.78 is 23.9. The molecule has 1 amide bonds. The van der Waals surface area contributed by atoms with Crippen LogP contribution in [0.25, 0.3) is 0 Å². The molecular formula is C13H15N3O3S. The van der Waals surface area contributed by atoms with Gasteiger partial charge in [-0.05, 0) is 12.1 Å². The molecule has 7 heteroatoms. The molecule has 20 heavy (non-hydrogen) atoms. The largest absolute Gasteiger partial charge is 0.347 e. The van der Waals surface area contributed by atoms with Crippen LogP contribution in [-0.2, 0) is 16.4 Å². The van der Waals surface area contributed by atoms with Gasteiger partial charge in [0.2, 0.25) is 0 Å². The number of nitrogens with one attached hydrogen (secondary N) is 2. The van der Waals surface area contributed by atoms with Crippen LogP contribution in [0.15, 0.2) is 41.7 Å². The Bertz CT molecular complexity index is 693. The number of imidazole rings is 1. The highest BCUT2D eigenvalue weighted by atomic mass is 32.2. The molecule has 2 aromatic rings. The van der Waals surface area contributed by atoms with E-state index < -0.39 is 15.7 Å². The van der Waals surface area contributed by atoms with Gasteiger partial charge in [0, 0.05) is 6.20 Å². The number of carbonyl (C=O) groups excluding carboxylic acids is 1. The number of benzene rings is 1. The van der Waals surface area contributed by atoms with Crippen molar-refractivity contribution in [2.45, 2.75) is 18.4 Å². The molecular weight excluding hydrogens is 278 g/mol. The van der Waals surface area contributed by atoms with Gasteiger partial charge in [0.05, 0.1) is 34.8 Å². The molecule has 0 aliphatic carbocycles. The van der Waals surface area contributed by atoms with Gasteiger partial charge >= 0.3 is 0 Å². The fraction of sp³-hybridized carbons (Fsp3) is 0.231. The van der Waals surface area contributed by atoms with Crippen molar-refractivity contribution in [3.8, 4) is 0 Å². The normalized spacial score (nSPS) is 11.2. The molecule has 0 unspecified atom stereocenters. The zero-order valence-corrected chi connectivity index (χ0v) is 11.8. The predicted octanol–water partition coefficient (Wildman–Crippen LogP) is 1.13. The first-order valence-electron chi connectivity index (χ1n) is 6.12. The maximum Gasteiger partial charge on any atom is 0.252 e. The molecule has 0 spiro atoms. The number of H-pyrrole nitrogens is 1. The zero-order chi connectivity index (χ0) is 14.6. The Morgan fingerprint density at radius 2 is 2.10 bits per heavy atom. The van der Waals surface area contributed by atoms with Gasteiger partial charge in [-0.15, -0.1) is 0 Å². The summed E-state index contributed by atoms with van der Waals surface area (Å²) in [5.41, 5.74) is 0.906. The fourth-order valence-electron chi connectivity index (χ4n) is 1.73. The molecule has 1 aromatic carbocycles. The third-order valence-electron chi connectivity index (χ3n) is 2.84. The minimum atomic E-state index is -3.43. The first-order chi connectivity index (χ1) is 9.54. The monoisotopic (exact) mass is 293 g/mol. The second-order valence-electron chi connectivity index (χ2n) is 4.16. The number of rotatable bonds is 5. The van der Waals surface area contributed by atoms with Crippen molar-refractivity contribution in [2.24, 2.45) is 0 Å². The van der Waals surface area contributed by atoms with E-state index in [0.29, 0.717) is 0 Å². The van der Waals surface area contributed by atoms with Gasteiger partial charge in [-0.1, -0.05) is 19.1 Å². The first kappa shape index (κ1) is 14.3. The smallest absolute Gasteiger partial charge is 0.252 e. The van der Waals surface area contributed by atoms with E-state index in [9.17, 15) is 13.2 Å². The van der Waals surface area contributed by atoms with E-state index in [2.05, 4.69) is 15.3 Å². The molecule has 0 fully saturated rings. The maximum atomic E-state index is 12.1. The summed E-state index contributed by atoms with van der Waals surface area (Å²) in [7, 11) is -3.43. The van der Waals surface area contributed by atoms with Crippen LogP contribution in [0.4, 0.5) is 0 Å². The van der Waals surface area contributed by atoms with Crippen LogP contribution in [0.1, 0.15) is 23.0 Å². The lowest BCUT2D eigenvalue weighted by molar-refractivity contribution is 0.0947. The average molecular weight is 293 g/mol. The number of hydrogen-bond acceptors (Lipinski definition) is 4. The van der Waals surface area contributed by atoms with E-state index in [1.54, 1.807) is 25.3 Å². The number of amides is 1. The molecule has 0 bridgehead atoms. The number of aromatic nitrogens is 2. The minimum absolute atomic E-state index is 0.0438. The van der Waals surface area contributed by atoms with Crippen LogP contribution >= 0.6 is 0 Å². The van der Waals surface area contributed by atoms with Crippen LogP contribution in [0.5, 0.6) is 0 Å². The Morgan fingerprint density at radius 3 is 2.75 bits per heavy atom. The second kappa shape index (κ2) is 5.87. The van der Waals surface area contributed by atoms with Crippen LogP contribution in [0.2, 0.25) is 0 Å². The highest BCUT2D eigenvalue weighted by Crippen LogP contribution is 2.17. The Labute approximate surface area is 117 Å². The molecule has 1 heterocycles. The molecule has 0 aliphatic rings. The quantitative estimate of drug-likeness (QED) is 0.864. The lowest BCUT2D eigenvalue weighted by Crippen LogP contribution is -2.25. The zero-order valence-electron chi connectivity index (χ0n) is 11.0. The molecule has 1 aromatic heterocycles. The Balaban J connectivity index is 2.22. The van der Waals surface area contributed by atoms with E-state index in [1.165, 1.54) is 18.5 Å². The molecule has 2 N–H and O–H groups in total. The van der Waals surface area contributed by atoms with Gasteiger partial charge in [0.15, 0.2) is 9.84 Å². The number of nitrogens with zero attached hydrogens (tertiary/aromatic N) is 1. The van der Waals surface area contributed by atoms with Crippen LogP contribution < -0.4 is 5.32 Å². The van der Waals surface area contributed by atoms with Crippen molar-refractivity contribution >= 4 is 15.7 Å². The van der Waals surface area contributed by atoms with Gasteiger partial charge in [-0.3, -0.25) is 4.79 Å². The second-order valence-corrected chi connectivity index (χ2v) is 6.41. The van der Waals surface area contributed by atoms with Crippen molar-refractivity contribution in [2.75, 3.05) is 5.75 Å². The molecule has 106 valence electrons. The van der Waals surface area contributed by atoms with E-state index in [1.807, 2.05) is 0 Å². The van der Waals surface area contributed by atoms with E-state index >= 15 is 0 Å². The van der Waals surface area contributed by atoms with Crippen LogP contribution in [0, 0.1) is 0 Å². The highest BCUT2D eigenvalue weighted by molar-refractivity contribution is 7.91. The summed E-state index contributed by atoms with van der Waals surface area (Å²) in [5, 5.41) is 2.66. The summed E-state index contributed by atoms with van der Waals surface area (Å²) in [5.74, 6) is -0.468. The van der Waals surface area contributed by atoms with Crippen molar-refractivity contribution in [3.05, 3.63) is 48.0 Å². The SMILES string of the molecule is CCS(=O)(=O)c1ccccc1C(=O)NCc1cnc[nH]1. The Morgan fingerprint density at radius 1 is 1.35 bits per heavy atom. The lowest BCUT2D eigenvalue weighted by atomic mass is 10.2. The molecule has 0 saturated carbocycles. The van der Waals surface area contributed by atoms with E-state index in [4.69, 9.17) is 0 Å². The van der Waals surface area contributed by atoms with Crippen LogP contribution in [0.3, 0.4) is 0 Å². The molecule has 0 atom stereocenters. The summed E-state index contributed by atoms with van der Waals surface area (Å²) in [6, 6.07) is 6.20. The van der Waals surface area contributed by atoms with Gasteiger partial charge in [0.1, 0.15) is 0 Å². The van der Waals surface area contributed by atoms with Crippen molar-refractivity contribution in [1.29, 1.82) is 0 Å². The van der Waals surface area contributed by atoms with Crippen molar-refractivity contribution < 1.29 is 13.2 Å². The van der Waals surface area contributed by atoms with Crippen molar-refractivity contribution in [3.63, 3.8) is 0 Å². The lowest BCUT2D eigenvalue weighted by Gasteiger charge is -2.09. The minimum Gasteiger partial charge on any atom is -0.347 e. The van der Waals surface area contributed by atoms with Gasteiger partial charge in [-0.2, -0.15) is 0 Å². The molecule has 6 nitrogen and oxygen atoms in total. The van der Waals surface area contributed by atoms with Crippen molar-refractivity contribution in [1.82, 2.24) is 15.3 Å². The maximum absolute atomic E-state index is 12.1. The number of carbonyl (C=O) groups is 1. The predicted molar refractivity (Wildman–Crippen MR) is 73.9 cm³/mol. The topological polar surface area (TPSA) is 91.9 Å². The number of hydrogen-bond donors (Lipinski definition) is 2. The summed E-state index contributed by atoms with van der Waals surface area (Å²) >= 11 is 0. The average Bonchev–Trinajstić information content (AvgIpc) is 2.98. The van der Waals surface area contributed by atoms with Gasteiger partial charge in [0.25, 0.3) is 5.91 Å². The Kier molecular flexibility index (Phi) is 4.19. The fourth-order valence-corrected chi connectivity index (χ4v) is 2.83. The number of sulfone groups is 1. The van der Waals surface area contributed by atoms with Gasteiger partial charge < -0.3 is 10.3 Å². The van der Waals surface area contributed by atoms with E-state index in [0.717, 1.165) is 5.69 Å². The third-order valence-corrected chi connectivity index (χ3v) is 4.63. The van der Waals surface area contributed by atoms with Gasteiger partial charge in [-0.25, -0.2) is 13.4 Å².